The van der Waals surface area contributed by atoms with Crippen LogP contribution in [0, 0.1) is 0 Å². The topological polar surface area (TPSA) is 78.9 Å². The van der Waals surface area contributed by atoms with E-state index in [0.29, 0.717) is 19.3 Å². The molecule has 6 nitrogen and oxygen atoms in total. The molecule has 0 aliphatic carbocycles. The average molecular weight is 1070 g/mol. The van der Waals surface area contributed by atoms with Crippen LogP contribution in [0.3, 0.4) is 0 Å². The number of rotatable bonds is 57. The highest BCUT2D eigenvalue weighted by molar-refractivity contribution is 5.71. The van der Waals surface area contributed by atoms with E-state index >= 15 is 0 Å². The lowest BCUT2D eigenvalue weighted by Crippen LogP contribution is -2.30. The third-order valence-corrected chi connectivity index (χ3v) is 13.4. The molecule has 1 unspecified atom stereocenters. The quantitative estimate of drug-likeness (QED) is 0.0261. The Morgan fingerprint density at radius 1 is 0.273 bits per heavy atom. The van der Waals surface area contributed by atoms with E-state index in [0.717, 1.165) is 141 Å². The maximum atomic E-state index is 12.9. The maximum absolute atomic E-state index is 12.9. The lowest BCUT2D eigenvalue weighted by molar-refractivity contribution is -0.167. The summed E-state index contributed by atoms with van der Waals surface area (Å²) in [5.41, 5.74) is 0. The summed E-state index contributed by atoms with van der Waals surface area (Å²) in [4.78, 5) is 38.4. The van der Waals surface area contributed by atoms with E-state index in [4.69, 9.17) is 14.2 Å². The Labute approximate surface area is 475 Å². The van der Waals surface area contributed by atoms with Gasteiger partial charge < -0.3 is 14.2 Å². The van der Waals surface area contributed by atoms with Crippen molar-refractivity contribution >= 4 is 17.9 Å². The van der Waals surface area contributed by atoms with Crippen molar-refractivity contribution in [1.29, 1.82) is 0 Å². The molecule has 6 heteroatoms. The highest BCUT2D eigenvalue weighted by Crippen LogP contribution is 2.15. The predicted octanol–water partition coefficient (Wildman–Crippen LogP) is 22.0. The van der Waals surface area contributed by atoms with Crippen molar-refractivity contribution in [3.8, 4) is 0 Å². The molecule has 77 heavy (non-hydrogen) atoms. The molecular weight excluding hydrogens is 949 g/mol. The molecule has 0 aliphatic rings. The molecule has 0 rings (SSSR count). The molecule has 0 aliphatic heterocycles. The second-order valence-electron chi connectivity index (χ2n) is 20.9. The Bertz CT molecular complexity index is 1600. The average Bonchev–Trinajstić information content (AvgIpc) is 3.43. The van der Waals surface area contributed by atoms with Crippen LogP contribution in [0.1, 0.15) is 290 Å². The molecule has 0 spiro atoms. The van der Waals surface area contributed by atoms with Crippen LogP contribution in [0.5, 0.6) is 0 Å². The van der Waals surface area contributed by atoms with Crippen LogP contribution in [0.2, 0.25) is 0 Å². The van der Waals surface area contributed by atoms with E-state index in [1.165, 1.54) is 109 Å². The minimum atomic E-state index is -0.798. The van der Waals surface area contributed by atoms with Gasteiger partial charge in [-0.1, -0.05) is 264 Å². The first-order valence-electron chi connectivity index (χ1n) is 32.0. The molecule has 0 heterocycles. The molecule has 0 saturated carbocycles. The largest absolute Gasteiger partial charge is 0.462 e. The lowest BCUT2D eigenvalue weighted by Gasteiger charge is -2.18. The summed E-state index contributed by atoms with van der Waals surface area (Å²) in [7, 11) is 0. The monoisotopic (exact) mass is 1070 g/mol. The number of esters is 3. The van der Waals surface area contributed by atoms with Crippen molar-refractivity contribution in [2.75, 3.05) is 13.2 Å². The molecule has 0 saturated heterocycles. The highest BCUT2D eigenvalue weighted by Gasteiger charge is 2.19. The molecule has 0 radical (unpaired) electrons. The van der Waals surface area contributed by atoms with E-state index < -0.39 is 6.10 Å². The second-order valence-corrected chi connectivity index (χ2v) is 20.9. The second kappa shape index (κ2) is 64.3. The number of ether oxygens (including phenoxy) is 3. The number of hydrogen-bond acceptors (Lipinski definition) is 6. The summed E-state index contributed by atoms with van der Waals surface area (Å²) in [6.45, 7) is 6.40. The fourth-order valence-electron chi connectivity index (χ4n) is 8.69. The van der Waals surface area contributed by atoms with Gasteiger partial charge in [0.25, 0.3) is 0 Å². The van der Waals surface area contributed by atoms with Gasteiger partial charge in [0, 0.05) is 19.3 Å². The number of carbonyl (C=O) groups excluding carboxylic acids is 3. The molecule has 1 atom stereocenters. The Morgan fingerprint density at radius 3 is 0.805 bits per heavy atom. The van der Waals surface area contributed by atoms with Crippen LogP contribution in [0.15, 0.2) is 122 Å². The van der Waals surface area contributed by atoms with Gasteiger partial charge in [0.05, 0.1) is 0 Å². The standard InChI is InChI=1S/C71H118O6/c1-4-7-10-13-16-19-22-25-28-30-32-34-35-37-38-40-43-46-49-52-55-58-61-64-70(73)76-67-68(66-75-69(72)63-60-57-54-51-48-45-42-27-24-21-18-15-12-9-6-3)77-71(74)65-62-59-56-53-50-47-44-41-39-36-33-31-29-26-23-20-17-14-11-8-5-2/h7-8,10-11,16-17,19-20,25-29,32-34,36,41-42,44,68H,4-6,9,12-15,18,21-24,30-31,35,37-40,43,45-67H2,1-3H3/b10-7-,11-8-,19-16-,20-17-,28-25-,29-26-,34-32-,36-33-,42-27-,44-41-. The van der Waals surface area contributed by atoms with Crippen LogP contribution >= 0.6 is 0 Å². The van der Waals surface area contributed by atoms with Crippen molar-refractivity contribution in [3.63, 3.8) is 0 Å². The first kappa shape index (κ1) is 72.8. The fraction of sp³-hybridized carbons (Fsp3) is 0.676. The molecule has 0 amide bonds. The van der Waals surface area contributed by atoms with Crippen molar-refractivity contribution in [2.45, 2.75) is 297 Å². The SMILES string of the molecule is CC/C=C\C/C=C\C/C=C\C/C=C\C/C=C\CCCCCCCC(=O)OC(COC(=O)CCCCCCC/C=C\CCCCCCCC)COC(=O)CCCCCCCCCCCC/C=C\C/C=C\C/C=C\C/C=C\CC. The Hall–Kier alpha value is -4.19. The van der Waals surface area contributed by atoms with E-state index in [-0.39, 0.29) is 31.1 Å². The number of hydrogen-bond donors (Lipinski definition) is 0. The van der Waals surface area contributed by atoms with Crippen molar-refractivity contribution in [2.24, 2.45) is 0 Å². The summed E-state index contributed by atoms with van der Waals surface area (Å²) < 4.78 is 16.9. The molecule has 0 aromatic carbocycles. The number of carbonyl (C=O) groups is 3. The van der Waals surface area contributed by atoms with E-state index in [1.807, 2.05) is 0 Å². The van der Waals surface area contributed by atoms with Crippen LogP contribution in [0.25, 0.3) is 0 Å². The van der Waals surface area contributed by atoms with Gasteiger partial charge >= 0.3 is 17.9 Å². The van der Waals surface area contributed by atoms with Gasteiger partial charge in [-0.25, -0.2) is 0 Å². The van der Waals surface area contributed by atoms with Gasteiger partial charge in [0.2, 0.25) is 0 Å². The summed E-state index contributed by atoms with van der Waals surface area (Å²) >= 11 is 0. The van der Waals surface area contributed by atoms with Crippen LogP contribution in [0.4, 0.5) is 0 Å². The van der Waals surface area contributed by atoms with Gasteiger partial charge in [0.1, 0.15) is 13.2 Å². The minimum absolute atomic E-state index is 0.0928. The third-order valence-electron chi connectivity index (χ3n) is 13.4. The van der Waals surface area contributed by atoms with Gasteiger partial charge in [-0.15, -0.1) is 0 Å². The molecule has 0 fully saturated rings. The van der Waals surface area contributed by atoms with Crippen molar-refractivity contribution in [3.05, 3.63) is 122 Å². The minimum Gasteiger partial charge on any atom is -0.462 e. The lowest BCUT2D eigenvalue weighted by atomic mass is 10.1. The Kier molecular flexibility index (Phi) is 60.8. The van der Waals surface area contributed by atoms with Gasteiger partial charge in [-0.3, -0.25) is 14.4 Å². The molecule has 0 N–H and O–H groups in total. The number of unbranched alkanes of at least 4 members (excludes halogenated alkanes) is 26. The third kappa shape index (κ3) is 62.5. The zero-order chi connectivity index (χ0) is 55.7. The summed E-state index contributed by atoms with van der Waals surface area (Å²) in [6, 6.07) is 0. The first-order valence-corrected chi connectivity index (χ1v) is 32.0. The molecule has 0 aromatic rings. The Morgan fingerprint density at radius 2 is 0.506 bits per heavy atom. The highest BCUT2D eigenvalue weighted by atomic mass is 16.6. The van der Waals surface area contributed by atoms with Crippen LogP contribution in [-0.2, 0) is 28.6 Å². The van der Waals surface area contributed by atoms with Gasteiger partial charge in [-0.2, -0.15) is 0 Å². The van der Waals surface area contributed by atoms with E-state index in [2.05, 4.69) is 142 Å². The van der Waals surface area contributed by atoms with Gasteiger partial charge in [0.15, 0.2) is 6.10 Å². The summed E-state index contributed by atoms with van der Waals surface area (Å²) in [5.74, 6) is -0.919. The molecule has 0 bridgehead atoms. The van der Waals surface area contributed by atoms with Crippen LogP contribution < -0.4 is 0 Å². The Balaban J connectivity index is 4.43. The molecular formula is C71H118O6. The normalized spacial score (nSPS) is 12.9. The smallest absolute Gasteiger partial charge is 0.306 e. The fourth-order valence-corrected chi connectivity index (χ4v) is 8.69. The number of allylic oxidation sites excluding steroid dienone is 20. The predicted molar refractivity (Wildman–Crippen MR) is 334 cm³/mol. The maximum Gasteiger partial charge on any atom is 0.306 e. The zero-order valence-corrected chi connectivity index (χ0v) is 50.2. The first-order chi connectivity index (χ1) is 38.0. The molecule has 0 aromatic heterocycles. The van der Waals surface area contributed by atoms with Gasteiger partial charge in [-0.05, 0) is 128 Å². The van der Waals surface area contributed by atoms with Crippen molar-refractivity contribution in [1.82, 2.24) is 0 Å². The summed E-state index contributed by atoms with van der Waals surface area (Å²) in [5, 5.41) is 0. The van der Waals surface area contributed by atoms with Crippen molar-refractivity contribution < 1.29 is 28.6 Å². The summed E-state index contributed by atoms with van der Waals surface area (Å²) in [6.07, 6.45) is 89.1. The van der Waals surface area contributed by atoms with E-state index in [9.17, 15) is 14.4 Å². The zero-order valence-electron chi connectivity index (χ0n) is 50.2. The molecule has 438 valence electrons. The van der Waals surface area contributed by atoms with E-state index in [1.54, 1.807) is 0 Å². The van der Waals surface area contributed by atoms with Crippen LogP contribution in [-0.4, -0.2) is 37.2 Å².